The first kappa shape index (κ1) is 13.0. The van der Waals surface area contributed by atoms with Crippen LogP contribution in [0.2, 0.25) is 0 Å². The highest BCUT2D eigenvalue weighted by Gasteiger charge is 2.20. The van der Waals surface area contributed by atoms with Crippen LogP contribution in [-0.4, -0.2) is 19.0 Å². The van der Waals surface area contributed by atoms with Crippen molar-refractivity contribution >= 4 is 11.6 Å². The number of benzene rings is 1. The van der Waals surface area contributed by atoms with Crippen molar-refractivity contribution in [3.63, 3.8) is 0 Å². The molecule has 1 aliphatic heterocycles. The van der Waals surface area contributed by atoms with Crippen LogP contribution in [-0.2, 0) is 4.79 Å². The van der Waals surface area contributed by atoms with Crippen LogP contribution < -0.4 is 10.6 Å². The van der Waals surface area contributed by atoms with Gasteiger partial charge >= 0.3 is 0 Å². The van der Waals surface area contributed by atoms with Gasteiger partial charge in [0.05, 0.1) is 0 Å². The molecule has 1 aliphatic rings. The maximum atomic E-state index is 13.7. The van der Waals surface area contributed by atoms with Gasteiger partial charge in [-0.05, 0) is 44.0 Å². The maximum absolute atomic E-state index is 13.7. The van der Waals surface area contributed by atoms with Gasteiger partial charge in [0.2, 0.25) is 5.91 Å². The highest BCUT2D eigenvalue weighted by Crippen LogP contribution is 2.22. The maximum Gasteiger partial charge on any atom is 0.224 e. The fourth-order valence-electron chi connectivity index (χ4n) is 2.11. The van der Waals surface area contributed by atoms with E-state index in [2.05, 4.69) is 10.6 Å². The minimum absolute atomic E-state index is 0.251. The van der Waals surface area contributed by atoms with Crippen LogP contribution in [0.1, 0.15) is 18.4 Å². The first-order valence-electron chi connectivity index (χ1n) is 6.03. The number of anilines is 1. The molecule has 5 heteroatoms. The average Bonchev–Trinajstić information content (AvgIpc) is 2.82. The average molecular weight is 254 g/mol. The van der Waals surface area contributed by atoms with Crippen molar-refractivity contribution in [2.24, 2.45) is 5.92 Å². The number of rotatable bonds is 3. The SMILES string of the molecule is Cc1ccc(F)c(NC(=O)CC2CCNC2)c1F. The molecule has 3 nitrogen and oxygen atoms in total. The molecule has 0 bridgehead atoms. The molecule has 0 aromatic heterocycles. The van der Waals surface area contributed by atoms with Crippen molar-refractivity contribution in [1.82, 2.24) is 5.32 Å². The van der Waals surface area contributed by atoms with Crippen molar-refractivity contribution in [3.8, 4) is 0 Å². The summed E-state index contributed by atoms with van der Waals surface area (Å²) in [7, 11) is 0. The summed E-state index contributed by atoms with van der Waals surface area (Å²) in [5.74, 6) is -1.53. The highest BCUT2D eigenvalue weighted by molar-refractivity contribution is 5.91. The molecule has 2 rings (SSSR count). The van der Waals surface area contributed by atoms with Crippen LogP contribution >= 0.6 is 0 Å². The van der Waals surface area contributed by atoms with Gasteiger partial charge in [-0.2, -0.15) is 0 Å². The molecule has 1 heterocycles. The van der Waals surface area contributed by atoms with Crippen molar-refractivity contribution < 1.29 is 13.6 Å². The Labute approximate surface area is 105 Å². The van der Waals surface area contributed by atoms with Crippen LogP contribution in [0.4, 0.5) is 14.5 Å². The number of carbonyl (C=O) groups excluding carboxylic acids is 1. The zero-order valence-corrected chi connectivity index (χ0v) is 10.2. The quantitative estimate of drug-likeness (QED) is 0.868. The van der Waals surface area contributed by atoms with Gasteiger partial charge in [0.1, 0.15) is 11.5 Å². The zero-order chi connectivity index (χ0) is 13.1. The van der Waals surface area contributed by atoms with Gasteiger partial charge in [0, 0.05) is 6.42 Å². The second-order valence-corrected chi connectivity index (χ2v) is 4.66. The van der Waals surface area contributed by atoms with Gasteiger partial charge in [-0.15, -0.1) is 0 Å². The van der Waals surface area contributed by atoms with E-state index in [1.807, 2.05) is 0 Å². The second-order valence-electron chi connectivity index (χ2n) is 4.66. The smallest absolute Gasteiger partial charge is 0.224 e. The third kappa shape index (κ3) is 2.85. The molecule has 1 saturated heterocycles. The molecule has 0 radical (unpaired) electrons. The van der Waals surface area contributed by atoms with Crippen LogP contribution in [0.5, 0.6) is 0 Å². The summed E-state index contributed by atoms with van der Waals surface area (Å²) in [6.45, 7) is 3.21. The largest absolute Gasteiger partial charge is 0.321 e. The standard InChI is InChI=1S/C13H16F2N2O/c1-8-2-3-10(14)13(12(8)15)17-11(18)6-9-4-5-16-7-9/h2-3,9,16H,4-7H2,1H3,(H,17,18). The minimum atomic E-state index is -0.740. The summed E-state index contributed by atoms with van der Waals surface area (Å²) in [4.78, 5) is 11.7. The molecule has 2 N–H and O–H groups in total. The summed E-state index contributed by atoms with van der Waals surface area (Å²) < 4.78 is 27.1. The molecule has 0 spiro atoms. The summed E-state index contributed by atoms with van der Waals surface area (Å²) in [6.07, 6.45) is 1.21. The number of aryl methyl sites for hydroxylation is 1. The first-order chi connectivity index (χ1) is 8.58. The monoisotopic (exact) mass is 254 g/mol. The number of hydrogen-bond acceptors (Lipinski definition) is 2. The molecule has 98 valence electrons. The number of hydrogen-bond donors (Lipinski definition) is 2. The Kier molecular flexibility index (Phi) is 3.91. The first-order valence-corrected chi connectivity index (χ1v) is 6.03. The lowest BCUT2D eigenvalue weighted by Crippen LogP contribution is -2.19. The van der Waals surface area contributed by atoms with E-state index in [9.17, 15) is 13.6 Å². The number of halogens is 2. The molecule has 0 saturated carbocycles. The second kappa shape index (κ2) is 5.44. The normalized spacial score (nSPS) is 18.9. The Morgan fingerprint density at radius 1 is 1.50 bits per heavy atom. The highest BCUT2D eigenvalue weighted by atomic mass is 19.1. The number of carbonyl (C=O) groups is 1. The van der Waals surface area contributed by atoms with Crippen LogP contribution in [0.15, 0.2) is 12.1 Å². The van der Waals surface area contributed by atoms with Crippen LogP contribution in [0, 0.1) is 24.5 Å². The Balaban J connectivity index is 2.04. The van der Waals surface area contributed by atoms with Crippen molar-refractivity contribution in [2.45, 2.75) is 19.8 Å². The third-order valence-corrected chi connectivity index (χ3v) is 3.19. The van der Waals surface area contributed by atoms with Crippen LogP contribution in [0.25, 0.3) is 0 Å². The summed E-state index contributed by atoms with van der Waals surface area (Å²) in [5, 5.41) is 5.47. The molecule has 1 aromatic rings. The van der Waals surface area contributed by atoms with E-state index in [0.29, 0.717) is 12.0 Å². The van der Waals surface area contributed by atoms with Gasteiger partial charge in [-0.25, -0.2) is 8.78 Å². The fourth-order valence-corrected chi connectivity index (χ4v) is 2.11. The molecule has 1 amide bonds. The summed E-state index contributed by atoms with van der Waals surface area (Å²) in [5.41, 5.74) is -0.0276. The van der Waals surface area contributed by atoms with E-state index in [1.54, 1.807) is 0 Å². The van der Waals surface area contributed by atoms with Gasteiger partial charge in [-0.3, -0.25) is 4.79 Å². The van der Waals surface area contributed by atoms with Gasteiger partial charge in [-0.1, -0.05) is 6.07 Å². The molecule has 1 atom stereocenters. The van der Waals surface area contributed by atoms with E-state index in [-0.39, 0.29) is 17.5 Å². The fraction of sp³-hybridized carbons (Fsp3) is 0.462. The Hall–Kier alpha value is -1.49. The van der Waals surface area contributed by atoms with E-state index < -0.39 is 11.6 Å². The Morgan fingerprint density at radius 3 is 2.94 bits per heavy atom. The topological polar surface area (TPSA) is 41.1 Å². The molecular formula is C13H16F2N2O. The predicted octanol–water partition coefficient (Wildman–Crippen LogP) is 2.21. The lowest BCUT2D eigenvalue weighted by Gasteiger charge is -2.11. The van der Waals surface area contributed by atoms with E-state index in [0.717, 1.165) is 25.6 Å². The Bertz CT molecular complexity index is 457. The van der Waals surface area contributed by atoms with Gasteiger partial charge < -0.3 is 10.6 Å². The minimum Gasteiger partial charge on any atom is -0.321 e. The molecule has 18 heavy (non-hydrogen) atoms. The zero-order valence-electron chi connectivity index (χ0n) is 10.2. The number of nitrogens with one attached hydrogen (secondary N) is 2. The number of amides is 1. The van der Waals surface area contributed by atoms with E-state index in [1.165, 1.54) is 13.0 Å². The summed E-state index contributed by atoms with van der Waals surface area (Å²) >= 11 is 0. The van der Waals surface area contributed by atoms with E-state index >= 15 is 0 Å². The summed E-state index contributed by atoms with van der Waals surface area (Å²) in [6, 6.07) is 2.51. The Morgan fingerprint density at radius 2 is 2.28 bits per heavy atom. The van der Waals surface area contributed by atoms with Gasteiger partial charge in [0.25, 0.3) is 0 Å². The lowest BCUT2D eigenvalue weighted by molar-refractivity contribution is -0.117. The van der Waals surface area contributed by atoms with Crippen molar-refractivity contribution in [3.05, 3.63) is 29.3 Å². The third-order valence-electron chi connectivity index (χ3n) is 3.19. The van der Waals surface area contributed by atoms with Gasteiger partial charge in [0.15, 0.2) is 5.82 Å². The molecular weight excluding hydrogens is 238 g/mol. The molecule has 0 aliphatic carbocycles. The molecule has 1 unspecified atom stereocenters. The predicted molar refractivity (Wildman–Crippen MR) is 65.3 cm³/mol. The van der Waals surface area contributed by atoms with Crippen LogP contribution in [0.3, 0.4) is 0 Å². The lowest BCUT2D eigenvalue weighted by atomic mass is 10.0. The van der Waals surface area contributed by atoms with Crippen molar-refractivity contribution in [1.29, 1.82) is 0 Å². The van der Waals surface area contributed by atoms with E-state index in [4.69, 9.17) is 0 Å². The molecule has 1 aromatic carbocycles. The van der Waals surface area contributed by atoms with Crippen molar-refractivity contribution in [2.75, 3.05) is 18.4 Å². The molecule has 1 fully saturated rings.